The second-order valence-electron chi connectivity index (χ2n) is 2.94. The van der Waals surface area contributed by atoms with Crippen LogP contribution in [0.3, 0.4) is 0 Å². The molecule has 0 amide bonds. The van der Waals surface area contributed by atoms with Crippen molar-refractivity contribution in [1.82, 2.24) is 0 Å². The van der Waals surface area contributed by atoms with Crippen LogP contribution in [0.5, 0.6) is 0 Å². The van der Waals surface area contributed by atoms with Crippen molar-refractivity contribution < 1.29 is 13.2 Å². The van der Waals surface area contributed by atoms with Gasteiger partial charge in [0.25, 0.3) is 5.92 Å². The summed E-state index contributed by atoms with van der Waals surface area (Å²) in [5, 5.41) is 0. The van der Waals surface area contributed by atoms with E-state index < -0.39 is 18.5 Å². The van der Waals surface area contributed by atoms with Gasteiger partial charge >= 0.3 is 0 Å². The maximum absolute atomic E-state index is 12.8. The van der Waals surface area contributed by atoms with Crippen LogP contribution in [-0.2, 0) is 6.42 Å². The molecule has 1 atom stereocenters. The molecule has 1 rings (SSSR count). The molecular weight excluding hydrogens is 177 g/mol. The van der Waals surface area contributed by atoms with Crippen molar-refractivity contribution in [2.24, 2.45) is 0 Å². The summed E-state index contributed by atoms with van der Waals surface area (Å²) >= 11 is 0. The second kappa shape index (κ2) is 3.81. The second-order valence-corrected chi connectivity index (χ2v) is 2.94. The molecule has 0 aliphatic carbocycles. The summed E-state index contributed by atoms with van der Waals surface area (Å²) in [4.78, 5) is 0. The first-order valence-electron chi connectivity index (χ1n) is 4.00. The van der Waals surface area contributed by atoms with Gasteiger partial charge in [-0.2, -0.15) is 0 Å². The van der Waals surface area contributed by atoms with Gasteiger partial charge in [-0.3, -0.25) is 0 Å². The topological polar surface area (TPSA) is 0 Å². The summed E-state index contributed by atoms with van der Waals surface area (Å²) in [5.41, 5.74) is 0.331. The van der Waals surface area contributed by atoms with Crippen LogP contribution in [-0.4, -0.2) is 12.1 Å². The maximum atomic E-state index is 12.8. The Morgan fingerprint density at radius 1 is 1.46 bits per heavy atom. The third kappa shape index (κ3) is 2.76. The molecule has 0 aromatic heterocycles. The van der Waals surface area contributed by atoms with Crippen LogP contribution in [0.4, 0.5) is 13.2 Å². The third-order valence-electron chi connectivity index (χ3n) is 1.78. The molecule has 0 aliphatic rings. The summed E-state index contributed by atoms with van der Waals surface area (Å²) in [6.45, 7) is 0.864. The minimum Gasteiger partial charge on any atom is -0.241 e. The number of rotatable bonds is 3. The average Bonchev–Trinajstić information content (AvgIpc) is 2.05. The fourth-order valence-corrected chi connectivity index (χ4v) is 0.935. The van der Waals surface area contributed by atoms with Gasteiger partial charge in [0, 0.05) is 6.42 Å². The molecule has 0 nitrogen and oxygen atoms in total. The van der Waals surface area contributed by atoms with E-state index in [9.17, 15) is 13.2 Å². The molecule has 3 heteroatoms. The van der Waals surface area contributed by atoms with Gasteiger partial charge in [-0.25, -0.2) is 13.2 Å². The van der Waals surface area contributed by atoms with Crippen molar-refractivity contribution in [3.63, 3.8) is 0 Å². The van der Waals surface area contributed by atoms with E-state index in [4.69, 9.17) is 0 Å². The Balaban J connectivity index is 2.69. The van der Waals surface area contributed by atoms with Crippen molar-refractivity contribution in [3.05, 3.63) is 35.9 Å². The molecule has 0 spiro atoms. The van der Waals surface area contributed by atoms with Crippen molar-refractivity contribution in [2.45, 2.75) is 25.4 Å². The number of hydrogen-bond donors (Lipinski definition) is 0. The van der Waals surface area contributed by atoms with E-state index in [0.29, 0.717) is 5.56 Å². The fraction of sp³-hybridized carbons (Fsp3) is 0.400. The van der Waals surface area contributed by atoms with Crippen LogP contribution < -0.4 is 0 Å². The third-order valence-corrected chi connectivity index (χ3v) is 1.78. The molecule has 1 radical (unpaired) electrons. The Hall–Kier alpha value is -0.990. The number of hydrogen-bond acceptors (Lipinski definition) is 0. The molecule has 1 unspecified atom stereocenters. The summed E-state index contributed by atoms with van der Waals surface area (Å²) in [6.07, 6.45) is -2.72. The molecule has 1 aromatic rings. The Bertz CT molecular complexity index is 254. The molecule has 0 saturated heterocycles. The average molecular weight is 187 g/mol. The lowest BCUT2D eigenvalue weighted by molar-refractivity contribution is -0.0638. The minimum absolute atomic E-state index is 0.331. The van der Waals surface area contributed by atoms with E-state index in [1.165, 1.54) is 12.1 Å². The molecule has 0 heterocycles. The van der Waals surface area contributed by atoms with Crippen LogP contribution in [0.1, 0.15) is 12.5 Å². The maximum Gasteiger partial charge on any atom is 0.282 e. The van der Waals surface area contributed by atoms with Crippen molar-refractivity contribution >= 4 is 0 Å². The molecular formula is C10H10F3. The lowest BCUT2D eigenvalue weighted by Gasteiger charge is -2.17. The Labute approximate surface area is 75.4 Å². The highest BCUT2D eigenvalue weighted by atomic mass is 19.3. The number of halogens is 3. The number of alkyl halides is 3. The first kappa shape index (κ1) is 10.1. The highest BCUT2D eigenvalue weighted by Crippen LogP contribution is 2.25. The predicted molar refractivity (Wildman–Crippen MR) is 44.5 cm³/mol. The monoisotopic (exact) mass is 187 g/mol. The van der Waals surface area contributed by atoms with E-state index in [0.717, 1.165) is 6.92 Å². The minimum atomic E-state index is -3.29. The molecule has 0 saturated carbocycles. The number of benzene rings is 1. The standard InChI is InChI=1S/C10H10F3/c1-8(11)10(12,13)7-9-5-3-2-4-6-9/h2-5,8H,7H2,1H3. The van der Waals surface area contributed by atoms with Gasteiger partial charge in [0.05, 0.1) is 0 Å². The van der Waals surface area contributed by atoms with Crippen LogP contribution in [0.2, 0.25) is 0 Å². The van der Waals surface area contributed by atoms with Crippen molar-refractivity contribution in [3.8, 4) is 0 Å². The SMILES string of the molecule is CC(F)C(F)(F)Cc1[c]cccc1. The van der Waals surface area contributed by atoms with E-state index in [-0.39, 0.29) is 0 Å². The van der Waals surface area contributed by atoms with E-state index in [1.54, 1.807) is 12.1 Å². The van der Waals surface area contributed by atoms with E-state index >= 15 is 0 Å². The quantitative estimate of drug-likeness (QED) is 0.682. The zero-order chi connectivity index (χ0) is 9.90. The van der Waals surface area contributed by atoms with Gasteiger partial charge in [-0.1, -0.05) is 24.3 Å². The van der Waals surface area contributed by atoms with E-state index in [1.807, 2.05) is 0 Å². The van der Waals surface area contributed by atoms with Crippen LogP contribution >= 0.6 is 0 Å². The molecule has 1 aromatic carbocycles. The lowest BCUT2D eigenvalue weighted by Crippen LogP contribution is -2.29. The van der Waals surface area contributed by atoms with Crippen LogP contribution in [0.15, 0.2) is 24.3 Å². The molecule has 0 N–H and O–H groups in total. The van der Waals surface area contributed by atoms with Gasteiger partial charge in [0.2, 0.25) is 0 Å². The Kier molecular flexibility index (Phi) is 2.96. The zero-order valence-electron chi connectivity index (χ0n) is 7.23. The summed E-state index contributed by atoms with van der Waals surface area (Å²) in [7, 11) is 0. The fourth-order valence-electron chi connectivity index (χ4n) is 0.935. The van der Waals surface area contributed by atoms with Crippen LogP contribution in [0, 0.1) is 6.07 Å². The highest BCUT2D eigenvalue weighted by Gasteiger charge is 2.36. The van der Waals surface area contributed by atoms with Gasteiger partial charge in [-0.15, -0.1) is 0 Å². The molecule has 0 fully saturated rings. The highest BCUT2D eigenvalue weighted by molar-refractivity contribution is 5.15. The summed E-state index contributed by atoms with van der Waals surface area (Å²) in [5.74, 6) is -3.29. The zero-order valence-corrected chi connectivity index (χ0v) is 7.23. The first-order chi connectivity index (χ1) is 6.02. The summed E-state index contributed by atoms with van der Waals surface area (Å²) in [6, 6.07) is 8.99. The molecule has 0 bridgehead atoms. The molecule has 71 valence electrons. The molecule has 13 heavy (non-hydrogen) atoms. The summed E-state index contributed by atoms with van der Waals surface area (Å²) < 4.78 is 38.1. The van der Waals surface area contributed by atoms with Crippen LogP contribution in [0.25, 0.3) is 0 Å². The van der Waals surface area contributed by atoms with Crippen molar-refractivity contribution in [2.75, 3.05) is 0 Å². The van der Waals surface area contributed by atoms with Crippen molar-refractivity contribution in [1.29, 1.82) is 0 Å². The van der Waals surface area contributed by atoms with Gasteiger partial charge in [0.15, 0.2) is 6.17 Å². The smallest absolute Gasteiger partial charge is 0.241 e. The Morgan fingerprint density at radius 3 is 2.62 bits per heavy atom. The predicted octanol–water partition coefficient (Wildman–Crippen LogP) is 3.02. The Morgan fingerprint density at radius 2 is 2.15 bits per heavy atom. The largest absolute Gasteiger partial charge is 0.282 e. The lowest BCUT2D eigenvalue weighted by atomic mass is 10.0. The first-order valence-corrected chi connectivity index (χ1v) is 4.00. The van der Waals surface area contributed by atoms with E-state index in [2.05, 4.69) is 6.07 Å². The van der Waals surface area contributed by atoms with Gasteiger partial charge in [-0.05, 0) is 18.6 Å². The van der Waals surface area contributed by atoms with Gasteiger partial charge < -0.3 is 0 Å². The van der Waals surface area contributed by atoms with Gasteiger partial charge in [0.1, 0.15) is 0 Å². The normalized spacial score (nSPS) is 14.2. The molecule has 0 aliphatic heterocycles.